The second kappa shape index (κ2) is 6.61. The molecule has 0 atom stereocenters. The normalized spacial score (nSPS) is 11.7. The molecule has 0 aliphatic carbocycles. The van der Waals surface area contributed by atoms with Crippen LogP contribution >= 0.6 is 11.3 Å². The van der Waals surface area contributed by atoms with Gasteiger partial charge in [-0.3, -0.25) is 0 Å². The number of primary sulfonamides is 1. The van der Waals surface area contributed by atoms with Crippen molar-refractivity contribution in [2.24, 2.45) is 5.14 Å². The number of thiophene rings is 1. The van der Waals surface area contributed by atoms with Crippen LogP contribution in [0.4, 0.5) is 5.82 Å². The van der Waals surface area contributed by atoms with Crippen molar-refractivity contribution in [3.05, 3.63) is 53.2 Å². The van der Waals surface area contributed by atoms with Crippen LogP contribution in [0.15, 0.2) is 42.0 Å². The van der Waals surface area contributed by atoms with Crippen LogP contribution in [0.2, 0.25) is 0 Å². The number of hydrogen-bond donors (Lipinski definition) is 2. The van der Waals surface area contributed by atoms with Gasteiger partial charge in [-0.15, -0.1) is 11.3 Å². The van der Waals surface area contributed by atoms with Gasteiger partial charge >= 0.3 is 0 Å². The molecule has 120 valence electrons. The lowest BCUT2D eigenvalue weighted by molar-refractivity contribution is 0.597. The fourth-order valence-electron chi connectivity index (χ4n) is 2.27. The van der Waals surface area contributed by atoms with Crippen LogP contribution in [0.5, 0.6) is 0 Å². The van der Waals surface area contributed by atoms with Gasteiger partial charge in [0, 0.05) is 6.54 Å². The number of nitrogens with zero attached hydrogens (tertiary/aromatic N) is 2. The molecule has 0 aliphatic heterocycles. The van der Waals surface area contributed by atoms with Crippen LogP contribution in [0, 0.1) is 0 Å². The predicted molar refractivity (Wildman–Crippen MR) is 92.9 cm³/mol. The zero-order chi connectivity index (χ0) is 16.3. The smallest absolute Gasteiger partial charge is 0.213 e. The van der Waals surface area contributed by atoms with E-state index in [1.165, 1.54) is 0 Å². The van der Waals surface area contributed by atoms with E-state index in [0.29, 0.717) is 5.56 Å². The first-order valence-electron chi connectivity index (χ1n) is 7.02. The van der Waals surface area contributed by atoms with Gasteiger partial charge in [-0.05, 0) is 29.0 Å². The molecule has 23 heavy (non-hydrogen) atoms. The van der Waals surface area contributed by atoms with Crippen LogP contribution in [0.3, 0.4) is 0 Å². The molecule has 2 aromatic heterocycles. The summed E-state index contributed by atoms with van der Waals surface area (Å²) in [5, 5.41) is 10.4. The number of nitrogens with one attached hydrogen (secondary N) is 1. The average molecular weight is 348 g/mol. The maximum absolute atomic E-state index is 11.1. The van der Waals surface area contributed by atoms with Gasteiger partial charge in [-0.1, -0.05) is 24.3 Å². The third kappa shape index (κ3) is 4.25. The summed E-state index contributed by atoms with van der Waals surface area (Å²) < 4.78 is 23.2. The lowest BCUT2D eigenvalue weighted by Crippen LogP contribution is -2.14. The third-order valence-electron chi connectivity index (χ3n) is 3.34. The molecule has 0 unspecified atom stereocenters. The Morgan fingerprint density at radius 1 is 1.09 bits per heavy atom. The summed E-state index contributed by atoms with van der Waals surface area (Å²) in [5.74, 6) is 0.707. The highest BCUT2D eigenvalue weighted by Gasteiger charge is 2.06. The van der Waals surface area contributed by atoms with Gasteiger partial charge in [0.2, 0.25) is 10.0 Å². The highest BCUT2D eigenvalue weighted by Crippen LogP contribution is 2.24. The van der Waals surface area contributed by atoms with Crippen molar-refractivity contribution in [3.63, 3.8) is 0 Å². The van der Waals surface area contributed by atoms with Crippen molar-refractivity contribution >= 4 is 37.4 Å². The summed E-state index contributed by atoms with van der Waals surface area (Å²) in [4.78, 5) is 8.48. The zero-order valence-electron chi connectivity index (χ0n) is 12.3. The zero-order valence-corrected chi connectivity index (χ0v) is 13.9. The Morgan fingerprint density at radius 3 is 2.57 bits per heavy atom. The highest BCUT2D eigenvalue weighted by atomic mass is 32.2. The number of benzene rings is 1. The molecule has 0 saturated heterocycles. The quantitative estimate of drug-likeness (QED) is 0.711. The summed E-state index contributed by atoms with van der Waals surface area (Å²) in [6, 6.07) is 9.40. The summed E-state index contributed by atoms with van der Waals surface area (Å²) >= 11 is 1.61. The van der Waals surface area contributed by atoms with Crippen molar-refractivity contribution in [3.8, 4) is 0 Å². The lowest BCUT2D eigenvalue weighted by atomic mass is 10.1. The fourth-order valence-corrected chi connectivity index (χ4v) is 3.74. The molecule has 0 fully saturated rings. The maximum Gasteiger partial charge on any atom is 0.213 e. The Balaban J connectivity index is 1.59. The molecule has 0 spiro atoms. The number of nitrogens with two attached hydrogens (primary N) is 1. The van der Waals surface area contributed by atoms with Gasteiger partial charge in [0.25, 0.3) is 0 Å². The maximum atomic E-state index is 11.1. The van der Waals surface area contributed by atoms with E-state index in [1.807, 2.05) is 23.6 Å². The van der Waals surface area contributed by atoms with E-state index >= 15 is 0 Å². The van der Waals surface area contributed by atoms with Gasteiger partial charge < -0.3 is 5.32 Å². The summed E-state index contributed by atoms with van der Waals surface area (Å²) in [7, 11) is -3.48. The molecule has 0 radical (unpaired) electrons. The van der Waals surface area contributed by atoms with E-state index in [2.05, 4.69) is 15.3 Å². The molecule has 3 rings (SSSR count). The van der Waals surface area contributed by atoms with Gasteiger partial charge in [0.15, 0.2) is 0 Å². The topological polar surface area (TPSA) is 98.0 Å². The predicted octanol–water partition coefficient (Wildman–Crippen LogP) is 2.13. The summed E-state index contributed by atoms with van der Waals surface area (Å²) in [6.07, 6.45) is 2.37. The number of anilines is 1. The van der Waals surface area contributed by atoms with Crippen LogP contribution in [0.1, 0.15) is 11.1 Å². The van der Waals surface area contributed by atoms with E-state index in [1.54, 1.807) is 29.8 Å². The first kappa shape index (κ1) is 15.9. The fraction of sp³-hybridized carbons (Fsp3) is 0.200. The number of rotatable bonds is 6. The lowest BCUT2D eigenvalue weighted by Gasteiger charge is -2.07. The number of sulfonamides is 1. The molecule has 0 amide bonds. The second-order valence-corrected chi connectivity index (χ2v) is 7.69. The van der Waals surface area contributed by atoms with Crippen LogP contribution in [-0.4, -0.2) is 24.9 Å². The first-order valence-corrected chi connectivity index (χ1v) is 9.61. The standard InChI is InChI=1S/C15H16N4O2S2/c16-23(20,21)9-12-3-1-11(2-4-12)5-7-17-15-14-13(6-8-22-14)18-10-19-15/h1-4,6,8,10H,5,7,9H2,(H2,16,20,21)(H,17,18,19). The van der Waals surface area contributed by atoms with Gasteiger partial charge in [-0.2, -0.15) is 0 Å². The van der Waals surface area contributed by atoms with E-state index in [0.717, 1.165) is 34.6 Å². The van der Waals surface area contributed by atoms with E-state index < -0.39 is 10.0 Å². The molecule has 3 N–H and O–H groups in total. The van der Waals surface area contributed by atoms with Crippen molar-refractivity contribution in [2.75, 3.05) is 11.9 Å². The van der Waals surface area contributed by atoms with E-state index in [9.17, 15) is 8.42 Å². The highest BCUT2D eigenvalue weighted by molar-refractivity contribution is 7.88. The Kier molecular flexibility index (Phi) is 4.56. The van der Waals surface area contributed by atoms with Crippen molar-refractivity contribution in [1.82, 2.24) is 9.97 Å². The van der Waals surface area contributed by atoms with Crippen LogP contribution in [0.25, 0.3) is 10.2 Å². The molecule has 8 heteroatoms. The van der Waals surface area contributed by atoms with Crippen LogP contribution < -0.4 is 10.5 Å². The molecule has 1 aromatic carbocycles. The Morgan fingerprint density at radius 2 is 1.83 bits per heavy atom. The largest absolute Gasteiger partial charge is 0.368 e. The van der Waals surface area contributed by atoms with Crippen LogP contribution in [-0.2, 0) is 22.2 Å². The summed E-state index contributed by atoms with van der Waals surface area (Å²) in [5.41, 5.74) is 2.76. The van der Waals surface area contributed by atoms with Gasteiger partial charge in [0.1, 0.15) is 12.1 Å². The summed E-state index contributed by atoms with van der Waals surface area (Å²) in [6.45, 7) is 0.735. The van der Waals surface area contributed by atoms with Gasteiger partial charge in [0.05, 0.1) is 16.0 Å². The molecular formula is C15H16N4O2S2. The van der Waals surface area contributed by atoms with E-state index in [-0.39, 0.29) is 5.75 Å². The minimum absolute atomic E-state index is 0.136. The molecular weight excluding hydrogens is 332 g/mol. The van der Waals surface area contributed by atoms with Crippen molar-refractivity contribution in [2.45, 2.75) is 12.2 Å². The van der Waals surface area contributed by atoms with E-state index in [4.69, 9.17) is 5.14 Å². The number of aromatic nitrogens is 2. The monoisotopic (exact) mass is 348 g/mol. The minimum atomic E-state index is -3.48. The minimum Gasteiger partial charge on any atom is -0.368 e. The first-order chi connectivity index (χ1) is 11.0. The number of hydrogen-bond acceptors (Lipinski definition) is 6. The SMILES string of the molecule is NS(=O)(=O)Cc1ccc(CCNc2ncnc3ccsc23)cc1. The molecule has 0 bridgehead atoms. The second-order valence-electron chi connectivity index (χ2n) is 5.16. The Hall–Kier alpha value is -2.03. The Bertz CT molecular complexity index is 905. The number of fused-ring (bicyclic) bond motifs is 1. The van der Waals surface area contributed by atoms with Crippen molar-refractivity contribution in [1.29, 1.82) is 0 Å². The third-order valence-corrected chi connectivity index (χ3v) is 4.99. The average Bonchev–Trinajstić information content (AvgIpc) is 2.97. The Labute approximate surface area is 138 Å². The molecule has 2 heterocycles. The molecule has 0 aliphatic rings. The molecule has 3 aromatic rings. The molecule has 0 saturated carbocycles. The van der Waals surface area contributed by atoms with Gasteiger partial charge in [-0.25, -0.2) is 23.5 Å². The molecule has 6 nitrogen and oxygen atoms in total. The van der Waals surface area contributed by atoms with Crippen molar-refractivity contribution < 1.29 is 8.42 Å².